The maximum Gasteiger partial charge on any atom is 0.234 e. The molecule has 4 nitrogen and oxygen atoms in total. The molecule has 1 amide bonds. The highest BCUT2D eigenvalue weighted by molar-refractivity contribution is 5.78. The Hall–Kier alpha value is -1.08. The summed E-state index contributed by atoms with van der Waals surface area (Å²) in [5.41, 5.74) is -0.164. The molecule has 0 bridgehead atoms. The quantitative estimate of drug-likeness (QED) is 0.670. The molecule has 0 saturated heterocycles. The Bertz CT molecular complexity index is 243. The van der Waals surface area contributed by atoms with Crippen LogP contribution in [-0.4, -0.2) is 36.0 Å². The normalized spacial score (nSPS) is 11.2. The van der Waals surface area contributed by atoms with Gasteiger partial charge in [0, 0.05) is 5.54 Å². The van der Waals surface area contributed by atoms with Gasteiger partial charge in [-0.2, -0.15) is 5.26 Å². The van der Waals surface area contributed by atoms with Crippen LogP contribution in [0.15, 0.2) is 0 Å². The summed E-state index contributed by atoms with van der Waals surface area (Å²) in [5.74, 6) is -0.0149. The standard InChI is InChI=1S/C11H21N3O/c1-5-11(3,4)13-10(15)9-14(6-2)8-7-12/h5-6,8-9H2,1-4H3,(H,13,15). The van der Waals surface area contributed by atoms with Gasteiger partial charge in [0.2, 0.25) is 5.91 Å². The lowest BCUT2D eigenvalue weighted by Crippen LogP contribution is -2.47. The first-order chi connectivity index (χ1) is 6.95. The SMILES string of the molecule is CCN(CC#N)CC(=O)NC(C)(C)CC. The topological polar surface area (TPSA) is 56.1 Å². The lowest BCUT2D eigenvalue weighted by Gasteiger charge is -2.26. The zero-order chi connectivity index (χ0) is 11.9. The van der Waals surface area contributed by atoms with Crippen LogP contribution in [0.1, 0.15) is 34.1 Å². The van der Waals surface area contributed by atoms with E-state index < -0.39 is 0 Å². The first-order valence-electron chi connectivity index (χ1n) is 5.35. The number of likely N-dealkylation sites (N-methyl/N-ethyl adjacent to an activating group) is 1. The molecule has 0 aliphatic rings. The van der Waals surface area contributed by atoms with E-state index in [9.17, 15) is 4.79 Å². The van der Waals surface area contributed by atoms with Crippen LogP contribution in [0.5, 0.6) is 0 Å². The third kappa shape index (κ3) is 6.08. The van der Waals surface area contributed by atoms with Crippen LogP contribution in [0.25, 0.3) is 0 Å². The number of rotatable bonds is 6. The van der Waals surface area contributed by atoms with E-state index >= 15 is 0 Å². The third-order valence-corrected chi connectivity index (χ3v) is 2.47. The van der Waals surface area contributed by atoms with Crippen LogP contribution < -0.4 is 5.32 Å². The highest BCUT2D eigenvalue weighted by Gasteiger charge is 2.18. The van der Waals surface area contributed by atoms with Crippen molar-refractivity contribution in [3.05, 3.63) is 0 Å². The molecule has 0 saturated carbocycles. The molecule has 0 spiro atoms. The zero-order valence-electron chi connectivity index (χ0n) is 10.1. The van der Waals surface area contributed by atoms with Crippen LogP contribution in [0.4, 0.5) is 0 Å². The predicted octanol–water partition coefficient (Wildman–Crippen LogP) is 1.14. The molecule has 0 unspecified atom stereocenters. The highest BCUT2D eigenvalue weighted by Crippen LogP contribution is 2.06. The van der Waals surface area contributed by atoms with Crippen molar-refractivity contribution in [2.45, 2.75) is 39.7 Å². The molecule has 0 radical (unpaired) electrons. The second kappa shape index (κ2) is 6.41. The second-order valence-electron chi connectivity index (χ2n) is 4.25. The molecule has 0 aromatic carbocycles. The van der Waals surface area contributed by atoms with Gasteiger partial charge in [-0.05, 0) is 26.8 Å². The van der Waals surface area contributed by atoms with Crippen molar-refractivity contribution in [1.29, 1.82) is 5.26 Å². The van der Waals surface area contributed by atoms with E-state index in [0.717, 1.165) is 6.42 Å². The monoisotopic (exact) mass is 211 g/mol. The molecule has 0 aromatic heterocycles. The average molecular weight is 211 g/mol. The number of nitriles is 1. The Labute approximate surface area is 92.3 Å². The molecule has 15 heavy (non-hydrogen) atoms. The van der Waals surface area contributed by atoms with E-state index in [1.54, 1.807) is 4.90 Å². The fourth-order valence-electron chi connectivity index (χ4n) is 1.09. The number of nitrogens with zero attached hydrogens (tertiary/aromatic N) is 2. The van der Waals surface area contributed by atoms with Gasteiger partial charge in [0.25, 0.3) is 0 Å². The van der Waals surface area contributed by atoms with Gasteiger partial charge in [-0.15, -0.1) is 0 Å². The summed E-state index contributed by atoms with van der Waals surface area (Å²) in [6, 6.07) is 2.05. The largest absolute Gasteiger partial charge is 0.350 e. The Morgan fingerprint density at radius 3 is 2.47 bits per heavy atom. The molecule has 0 aliphatic heterocycles. The van der Waals surface area contributed by atoms with Gasteiger partial charge in [0.05, 0.1) is 19.2 Å². The van der Waals surface area contributed by atoms with E-state index in [1.807, 2.05) is 33.8 Å². The maximum atomic E-state index is 11.6. The van der Waals surface area contributed by atoms with Crippen molar-refractivity contribution in [2.75, 3.05) is 19.6 Å². The van der Waals surface area contributed by atoms with Crippen LogP contribution in [0.2, 0.25) is 0 Å². The zero-order valence-corrected chi connectivity index (χ0v) is 10.1. The highest BCUT2D eigenvalue weighted by atomic mass is 16.2. The first kappa shape index (κ1) is 13.9. The fraction of sp³-hybridized carbons (Fsp3) is 0.818. The molecular weight excluding hydrogens is 190 g/mol. The molecular formula is C11H21N3O. The lowest BCUT2D eigenvalue weighted by molar-refractivity contribution is -0.123. The van der Waals surface area contributed by atoms with Gasteiger partial charge in [-0.25, -0.2) is 0 Å². The second-order valence-corrected chi connectivity index (χ2v) is 4.25. The summed E-state index contributed by atoms with van der Waals surface area (Å²) >= 11 is 0. The Morgan fingerprint density at radius 1 is 1.47 bits per heavy atom. The van der Waals surface area contributed by atoms with Crippen molar-refractivity contribution >= 4 is 5.91 Å². The Kier molecular flexibility index (Phi) is 5.95. The van der Waals surface area contributed by atoms with E-state index in [-0.39, 0.29) is 11.4 Å². The van der Waals surface area contributed by atoms with Crippen LogP contribution in [-0.2, 0) is 4.79 Å². The molecule has 0 atom stereocenters. The summed E-state index contributed by atoms with van der Waals surface area (Å²) in [7, 11) is 0. The number of carbonyl (C=O) groups excluding carboxylic acids is 1. The summed E-state index contributed by atoms with van der Waals surface area (Å²) in [4.78, 5) is 13.4. The van der Waals surface area contributed by atoms with Gasteiger partial charge in [0.15, 0.2) is 0 Å². The smallest absolute Gasteiger partial charge is 0.234 e. The summed E-state index contributed by atoms with van der Waals surface area (Å²) in [5, 5.41) is 11.5. The van der Waals surface area contributed by atoms with Gasteiger partial charge in [-0.1, -0.05) is 13.8 Å². The molecule has 1 N–H and O–H groups in total. The van der Waals surface area contributed by atoms with Gasteiger partial charge in [0.1, 0.15) is 0 Å². The number of hydrogen-bond acceptors (Lipinski definition) is 3. The molecule has 0 rings (SSSR count). The Morgan fingerprint density at radius 2 is 2.07 bits per heavy atom. The summed E-state index contributed by atoms with van der Waals surface area (Å²) < 4.78 is 0. The third-order valence-electron chi connectivity index (χ3n) is 2.47. The van der Waals surface area contributed by atoms with E-state index in [4.69, 9.17) is 5.26 Å². The van der Waals surface area contributed by atoms with Crippen molar-refractivity contribution in [2.24, 2.45) is 0 Å². The van der Waals surface area contributed by atoms with E-state index in [0.29, 0.717) is 19.6 Å². The van der Waals surface area contributed by atoms with Gasteiger partial charge < -0.3 is 5.32 Å². The van der Waals surface area contributed by atoms with Crippen molar-refractivity contribution < 1.29 is 4.79 Å². The molecule has 4 heteroatoms. The van der Waals surface area contributed by atoms with Crippen LogP contribution >= 0.6 is 0 Å². The maximum absolute atomic E-state index is 11.6. The summed E-state index contributed by atoms with van der Waals surface area (Å²) in [6.45, 7) is 9.27. The van der Waals surface area contributed by atoms with Crippen molar-refractivity contribution in [3.63, 3.8) is 0 Å². The number of amides is 1. The van der Waals surface area contributed by atoms with Gasteiger partial charge in [-0.3, -0.25) is 9.69 Å². The number of carbonyl (C=O) groups is 1. The number of hydrogen-bond donors (Lipinski definition) is 1. The predicted molar refractivity (Wildman–Crippen MR) is 60.2 cm³/mol. The van der Waals surface area contributed by atoms with Crippen LogP contribution in [0, 0.1) is 11.3 Å². The van der Waals surface area contributed by atoms with Crippen LogP contribution in [0.3, 0.4) is 0 Å². The lowest BCUT2D eigenvalue weighted by atomic mass is 10.0. The van der Waals surface area contributed by atoms with Crippen molar-refractivity contribution in [3.8, 4) is 6.07 Å². The Balaban J connectivity index is 4.08. The van der Waals surface area contributed by atoms with Crippen molar-refractivity contribution in [1.82, 2.24) is 10.2 Å². The average Bonchev–Trinajstić information content (AvgIpc) is 2.16. The molecule has 0 aromatic rings. The minimum Gasteiger partial charge on any atom is -0.350 e. The molecule has 0 fully saturated rings. The minimum absolute atomic E-state index is 0.0149. The fourth-order valence-corrected chi connectivity index (χ4v) is 1.09. The van der Waals surface area contributed by atoms with E-state index in [1.165, 1.54) is 0 Å². The first-order valence-corrected chi connectivity index (χ1v) is 5.35. The van der Waals surface area contributed by atoms with E-state index in [2.05, 4.69) is 5.32 Å². The summed E-state index contributed by atoms with van der Waals surface area (Å²) in [6.07, 6.45) is 0.892. The van der Waals surface area contributed by atoms with Gasteiger partial charge >= 0.3 is 0 Å². The molecule has 86 valence electrons. The molecule has 0 aliphatic carbocycles. The minimum atomic E-state index is -0.164. The number of nitrogens with one attached hydrogen (secondary N) is 1. The molecule has 0 heterocycles.